The van der Waals surface area contributed by atoms with Crippen molar-refractivity contribution < 1.29 is 9.47 Å². The molecule has 0 saturated heterocycles. The Hall–Kier alpha value is -3.32. The number of ether oxygens (including phenoxy) is 2. The van der Waals surface area contributed by atoms with E-state index in [1.54, 1.807) is 18.9 Å². The molecule has 0 amide bonds. The molecule has 0 aliphatic rings. The number of rotatable bonds is 9. The summed E-state index contributed by atoms with van der Waals surface area (Å²) in [5, 5.41) is 4.28. The van der Waals surface area contributed by atoms with E-state index in [4.69, 9.17) is 20.2 Å². The molecule has 0 fully saturated rings. The summed E-state index contributed by atoms with van der Waals surface area (Å²) in [6, 6.07) is 12.1. The first-order valence-corrected chi connectivity index (χ1v) is 10.4. The molecule has 2 aromatic carbocycles. The van der Waals surface area contributed by atoms with Crippen molar-refractivity contribution in [3.8, 4) is 11.5 Å². The molecule has 7 heteroatoms. The Bertz CT molecular complexity index is 1040. The SMILES string of the molecule is CCC(=Nc1cc(N(CCN)c2cc(OC)cc(OC)c2)ccc1C)c1cnn(C)c1. The molecule has 0 aliphatic carbocycles. The summed E-state index contributed by atoms with van der Waals surface area (Å²) < 4.78 is 12.7. The molecule has 0 aliphatic heterocycles. The molecule has 0 atom stereocenters. The van der Waals surface area contributed by atoms with Crippen LogP contribution in [0.25, 0.3) is 0 Å². The van der Waals surface area contributed by atoms with Crippen LogP contribution in [0.3, 0.4) is 0 Å². The van der Waals surface area contributed by atoms with E-state index in [9.17, 15) is 0 Å². The van der Waals surface area contributed by atoms with E-state index >= 15 is 0 Å². The Morgan fingerprint density at radius 3 is 2.35 bits per heavy atom. The lowest BCUT2D eigenvalue weighted by Gasteiger charge is -2.26. The fourth-order valence-electron chi connectivity index (χ4n) is 3.43. The maximum Gasteiger partial charge on any atom is 0.124 e. The van der Waals surface area contributed by atoms with Gasteiger partial charge in [0.2, 0.25) is 0 Å². The third-order valence-electron chi connectivity index (χ3n) is 5.13. The van der Waals surface area contributed by atoms with Crippen LogP contribution in [0.15, 0.2) is 53.8 Å². The Kier molecular flexibility index (Phi) is 7.31. The normalized spacial score (nSPS) is 11.5. The number of nitrogens with zero attached hydrogens (tertiary/aromatic N) is 4. The molecule has 7 nitrogen and oxygen atoms in total. The zero-order valence-corrected chi connectivity index (χ0v) is 18.9. The number of hydrogen-bond donors (Lipinski definition) is 1. The van der Waals surface area contributed by atoms with Crippen LogP contribution in [-0.4, -0.2) is 42.8 Å². The summed E-state index contributed by atoms with van der Waals surface area (Å²) in [4.78, 5) is 7.13. The maximum absolute atomic E-state index is 5.95. The topological polar surface area (TPSA) is 77.9 Å². The molecular formula is C24H31N5O2. The smallest absolute Gasteiger partial charge is 0.124 e. The minimum absolute atomic E-state index is 0.502. The molecule has 0 unspecified atom stereocenters. The minimum Gasteiger partial charge on any atom is -0.497 e. The lowest BCUT2D eigenvalue weighted by atomic mass is 10.1. The molecule has 1 heterocycles. The zero-order chi connectivity index (χ0) is 22.4. The van der Waals surface area contributed by atoms with E-state index in [-0.39, 0.29) is 0 Å². The van der Waals surface area contributed by atoms with Gasteiger partial charge in [-0.15, -0.1) is 0 Å². The lowest BCUT2D eigenvalue weighted by Crippen LogP contribution is -2.24. The van der Waals surface area contributed by atoms with Crippen molar-refractivity contribution in [3.05, 3.63) is 59.9 Å². The number of aromatic nitrogens is 2. The number of benzene rings is 2. The van der Waals surface area contributed by atoms with Gasteiger partial charge in [-0.1, -0.05) is 13.0 Å². The summed E-state index contributed by atoms with van der Waals surface area (Å²) >= 11 is 0. The van der Waals surface area contributed by atoms with E-state index in [2.05, 4.69) is 42.0 Å². The fraction of sp³-hybridized carbons (Fsp3) is 0.333. The predicted octanol–water partition coefficient (Wildman–Crippen LogP) is 4.37. The third kappa shape index (κ3) is 5.24. The molecule has 0 spiro atoms. The van der Waals surface area contributed by atoms with Gasteiger partial charge in [-0.25, -0.2) is 0 Å². The highest BCUT2D eigenvalue weighted by Crippen LogP contribution is 2.35. The van der Waals surface area contributed by atoms with Crippen molar-refractivity contribution in [2.45, 2.75) is 20.3 Å². The standard InChI is InChI=1S/C24H31N5O2/c1-6-23(18-15-26-28(3)16-18)27-24-13-19(8-7-17(24)2)29(10-9-25)20-11-21(30-4)14-22(12-20)31-5/h7-8,11-16H,6,9-10,25H2,1-5H3. The summed E-state index contributed by atoms with van der Waals surface area (Å²) in [6.45, 7) is 5.32. The van der Waals surface area contributed by atoms with Crippen LogP contribution in [0, 0.1) is 6.92 Å². The highest BCUT2D eigenvalue weighted by Gasteiger charge is 2.14. The Labute approximate surface area is 184 Å². The largest absolute Gasteiger partial charge is 0.497 e. The van der Waals surface area contributed by atoms with Crippen LogP contribution in [0.1, 0.15) is 24.5 Å². The van der Waals surface area contributed by atoms with Gasteiger partial charge >= 0.3 is 0 Å². The van der Waals surface area contributed by atoms with Crippen LogP contribution in [0.2, 0.25) is 0 Å². The van der Waals surface area contributed by atoms with E-state index < -0.39 is 0 Å². The monoisotopic (exact) mass is 421 g/mol. The number of aliphatic imine (C=N–C) groups is 1. The second kappa shape index (κ2) is 10.1. The predicted molar refractivity (Wildman–Crippen MR) is 126 cm³/mol. The van der Waals surface area contributed by atoms with Gasteiger partial charge in [0.15, 0.2) is 0 Å². The van der Waals surface area contributed by atoms with Crippen LogP contribution >= 0.6 is 0 Å². The molecule has 0 saturated carbocycles. The second-order valence-electron chi connectivity index (χ2n) is 7.30. The molecule has 3 aromatic rings. The van der Waals surface area contributed by atoms with E-state index in [0.717, 1.165) is 51.8 Å². The maximum atomic E-state index is 5.95. The van der Waals surface area contributed by atoms with Crippen LogP contribution in [0.5, 0.6) is 11.5 Å². The van der Waals surface area contributed by atoms with Gasteiger partial charge in [0, 0.05) is 61.5 Å². The number of aryl methyl sites for hydroxylation is 2. The molecule has 1 aromatic heterocycles. The van der Waals surface area contributed by atoms with Crippen LogP contribution in [0.4, 0.5) is 17.1 Å². The van der Waals surface area contributed by atoms with Crippen molar-refractivity contribution in [1.82, 2.24) is 9.78 Å². The summed E-state index contributed by atoms with van der Waals surface area (Å²) in [5.41, 5.74) is 12.0. The summed E-state index contributed by atoms with van der Waals surface area (Å²) in [6.07, 6.45) is 4.66. The zero-order valence-electron chi connectivity index (χ0n) is 18.9. The fourth-order valence-corrected chi connectivity index (χ4v) is 3.43. The number of nitrogens with two attached hydrogens (primary N) is 1. The van der Waals surface area contributed by atoms with Gasteiger partial charge in [-0.3, -0.25) is 9.67 Å². The highest BCUT2D eigenvalue weighted by molar-refractivity contribution is 6.01. The van der Waals surface area contributed by atoms with Gasteiger partial charge in [0.05, 0.1) is 31.8 Å². The van der Waals surface area contributed by atoms with Crippen molar-refractivity contribution in [2.24, 2.45) is 17.8 Å². The van der Waals surface area contributed by atoms with Crippen molar-refractivity contribution >= 4 is 22.8 Å². The van der Waals surface area contributed by atoms with Crippen molar-refractivity contribution in [2.75, 3.05) is 32.2 Å². The average molecular weight is 422 g/mol. The Morgan fingerprint density at radius 2 is 1.81 bits per heavy atom. The van der Waals surface area contributed by atoms with Crippen LogP contribution < -0.4 is 20.1 Å². The van der Waals surface area contributed by atoms with Gasteiger partial charge in [-0.05, 0) is 31.0 Å². The van der Waals surface area contributed by atoms with Crippen molar-refractivity contribution in [1.29, 1.82) is 0 Å². The Morgan fingerprint density at radius 1 is 1.10 bits per heavy atom. The molecule has 0 radical (unpaired) electrons. The first kappa shape index (κ1) is 22.4. The Balaban J connectivity index is 2.06. The average Bonchev–Trinajstić information content (AvgIpc) is 3.22. The van der Waals surface area contributed by atoms with Gasteiger partial charge in [0.1, 0.15) is 11.5 Å². The van der Waals surface area contributed by atoms with E-state index in [1.807, 2.05) is 37.6 Å². The molecule has 31 heavy (non-hydrogen) atoms. The quantitative estimate of drug-likeness (QED) is 0.519. The minimum atomic E-state index is 0.502. The number of methoxy groups -OCH3 is 2. The van der Waals surface area contributed by atoms with Crippen molar-refractivity contribution in [3.63, 3.8) is 0 Å². The van der Waals surface area contributed by atoms with Gasteiger partial charge in [0.25, 0.3) is 0 Å². The molecular weight excluding hydrogens is 390 g/mol. The van der Waals surface area contributed by atoms with Crippen LogP contribution in [-0.2, 0) is 7.05 Å². The third-order valence-corrected chi connectivity index (χ3v) is 5.13. The van der Waals surface area contributed by atoms with E-state index in [0.29, 0.717) is 13.1 Å². The van der Waals surface area contributed by atoms with E-state index in [1.165, 1.54) is 0 Å². The molecule has 0 bridgehead atoms. The lowest BCUT2D eigenvalue weighted by molar-refractivity contribution is 0.394. The first-order chi connectivity index (χ1) is 15.0. The van der Waals surface area contributed by atoms with Gasteiger partial charge < -0.3 is 20.1 Å². The second-order valence-corrected chi connectivity index (χ2v) is 7.30. The first-order valence-electron chi connectivity index (χ1n) is 10.4. The summed E-state index contributed by atoms with van der Waals surface area (Å²) in [7, 11) is 5.21. The highest BCUT2D eigenvalue weighted by atomic mass is 16.5. The van der Waals surface area contributed by atoms with Gasteiger partial charge in [-0.2, -0.15) is 5.10 Å². The molecule has 164 valence electrons. The number of hydrogen-bond acceptors (Lipinski definition) is 6. The summed E-state index contributed by atoms with van der Waals surface area (Å²) in [5.74, 6) is 1.46. The molecule has 2 N–H and O–H groups in total. The molecule has 3 rings (SSSR count). The number of anilines is 2.